The standard InChI is InChI=1S/C21H31N3O5S/c1-3-6-18(26)29-13-14(25)11-24(9-10-28-2)12-17-22-20(27)19-15-7-4-5-8-16(15)30-21(19)23-17/h14,25H,3-13H2,1-2H3,(H,22,23,27). The van der Waals surface area contributed by atoms with Crippen LogP contribution >= 0.6 is 11.3 Å². The highest BCUT2D eigenvalue weighted by molar-refractivity contribution is 7.18. The van der Waals surface area contributed by atoms with Crippen molar-refractivity contribution in [3.8, 4) is 0 Å². The van der Waals surface area contributed by atoms with Crippen molar-refractivity contribution in [3.63, 3.8) is 0 Å². The average Bonchev–Trinajstić information content (AvgIpc) is 3.09. The minimum absolute atomic E-state index is 0.0526. The first-order chi connectivity index (χ1) is 14.5. The van der Waals surface area contributed by atoms with Crippen molar-refractivity contribution in [2.75, 3.05) is 33.4 Å². The van der Waals surface area contributed by atoms with Gasteiger partial charge in [-0.15, -0.1) is 11.3 Å². The Morgan fingerprint density at radius 3 is 2.93 bits per heavy atom. The number of aromatic amines is 1. The molecule has 8 nitrogen and oxygen atoms in total. The van der Waals surface area contributed by atoms with E-state index in [2.05, 4.69) is 4.98 Å². The quantitative estimate of drug-likeness (QED) is 0.518. The summed E-state index contributed by atoms with van der Waals surface area (Å²) in [6.07, 6.45) is 4.48. The summed E-state index contributed by atoms with van der Waals surface area (Å²) in [6.45, 7) is 3.53. The van der Waals surface area contributed by atoms with Crippen molar-refractivity contribution < 1.29 is 19.4 Å². The number of ether oxygens (including phenoxy) is 2. The third-order valence-electron chi connectivity index (χ3n) is 5.22. The summed E-state index contributed by atoms with van der Waals surface area (Å²) in [5, 5.41) is 11.0. The first kappa shape index (κ1) is 22.9. The number of fused-ring (bicyclic) bond motifs is 3. The normalized spacial score (nSPS) is 14.8. The lowest BCUT2D eigenvalue weighted by atomic mass is 9.97. The van der Waals surface area contributed by atoms with E-state index >= 15 is 0 Å². The molecule has 1 unspecified atom stereocenters. The number of thiophene rings is 1. The van der Waals surface area contributed by atoms with Crippen LogP contribution in [0.15, 0.2) is 4.79 Å². The van der Waals surface area contributed by atoms with Crippen molar-refractivity contribution in [2.45, 2.75) is 58.1 Å². The molecule has 1 atom stereocenters. The van der Waals surface area contributed by atoms with Gasteiger partial charge >= 0.3 is 5.97 Å². The summed E-state index contributed by atoms with van der Waals surface area (Å²) in [6, 6.07) is 0. The zero-order valence-corrected chi connectivity index (χ0v) is 18.6. The zero-order chi connectivity index (χ0) is 21.5. The van der Waals surface area contributed by atoms with Crippen LogP contribution in [-0.4, -0.2) is 65.5 Å². The lowest BCUT2D eigenvalue weighted by Gasteiger charge is -2.24. The van der Waals surface area contributed by atoms with Crippen LogP contribution in [0, 0.1) is 0 Å². The molecule has 2 aromatic heterocycles. The maximum Gasteiger partial charge on any atom is 0.305 e. The Morgan fingerprint density at radius 2 is 2.17 bits per heavy atom. The fourth-order valence-electron chi connectivity index (χ4n) is 3.77. The van der Waals surface area contributed by atoms with Crippen LogP contribution in [0.5, 0.6) is 0 Å². The molecule has 1 aliphatic carbocycles. The number of nitrogens with one attached hydrogen (secondary N) is 1. The maximum absolute atomic E-state index is 12.8. The fourth-order valence-corrected chi connectivity index (χ4v) is 5.05. The van der Waals surface area contributed by atoms with Crippen molar-refractivity contribution in [2.24, 2.45) is 0 Å². The SMILES string of the molecule is CCCC(=O)OCC(O)CN(CCOC)Cc1nc2sc3c(c2c(=O)[nH]1)CCCC3. The number of hydrogen-bond donors (Lipinski definition) is 2. The molecule has 0 saturated heterocycles. The van der Waals surface area contributed by atoms with Crippen LogP contribution < -0.4 is 5.56 Å². The highest BCUT2D eigenvalue weighted by Gasteiger charge is 2.21. The van der Waals surface area contributed by atoms with Gasteiger partial charge in [-0.2, -0.15) is 0 Å². The van der Waals surface area contributed by atoms with Crippen LogP contribution in [0.25, 0.3) is 10.2 Å². The Morgan fingerprint density at radius 1 is 1.37 bits per heavy atom. The minimum atomic E-state index is -0.827. The lowest BCUT2D eigenvalue weighted by molar-refractivity contribution is -0.147. The van der Waals surface area contributed by atoms with Gasteiger partial charge in [0.05, 0.1) is 18.5 Å². The molecule has 0 fully saturated rings. The second kappa shape index (κ2) is 11.0. The molecule has 2 heterocycles. The van der Waals surface area contributed by atoms with Gasteiger partial charge in [0, 0.05) is 31.5 Å². The third-order valence-corrected chi connectivity index (χ3v) is 6.40. The summed E-state index contributed by atoms with van der Waals surface area (Å²) in [4.78, 5) is 35.9. The van der Waals surface area contributed by atoms with Crippen LogP contribution in [0.1, 0.15) is 48.9 Å². The summed E-state index contributed by atoms with van der Waals surface area (Å²) in [5.41, 5.74) is 1.08. The molecule has 0 bridgehead atoms. The molecule has 0 aromatic carbocycles. The fraction of sp³-hybridized carbons (Fsp3) is 0.667. The van der Waals surface area contributed by atoms with Gasteiger partial charge < -0.3 is 19.6 Å². The van der Waals surface area contributed by atoms with E-state index in [-0.39, 0.29) is 24.7 Å². The number of nitrogens with zero attached hydrogens (tertiary/aromatic N) is 2. The van der Waals surface area contributed by atoms with Crippen LogP contribution in [0.2, 0.25) is 0 Å². The molecule has 30 heavy (non-hydrogen) atoms. The van der Waals surface area contributed by atoms with Crippen molar-refractivity contribution >= 4 is 27.5 Å². The Labute approximate surface area is 180 Å². The van der Waals surface area contributed by atoms with E-state index in [0.29, 0.717) is 38.4 Å². The first-order valence-electron chi connectivity index (χ1n) is 10.6. The van der Waals surface area contributed by atoms with E-state index in [0.717, 1.165) is 35.9 Å². The summed E-state index contributed by atoms with van der Waals surface area (Å²) < 4.78 is 10.3. The Kier molecular flexibility index (Phi) is 8.38. The number of methoxy groups -OCH3 is 1. The highest BCUT2D eigenvalue weighted by Crippen LogP contribution is 2.33. The predicted octanol–water partition coefficient (Wildman–Crippen LogP) is 2.02. The van der Waals surface area contributed by atoms with Gasteiger partial charge in [-0.05, 0) is 37.7 Å². The van der Waals surface area contributed by atoms with Crippen molar-refractivity contribution in [3.05, 3.63) is 26.6 Å². The van der Waals surface area contributed by atoms with E-state index in [1.807, 2.05) is 11.8 Å². The zero-order valence-electron chi connectivity index (χ0n) is 17.7. The van der Waals surface area contributed by atoms with Crippen LogP contribution in [-0.2, 0) is 33.7 Å². The molecule has 0 radical (unpaired) electrons. The van der Waals surface area contributed by atoms with Gasteiger partial charge in [-0.25, -0.2) is 4.98 Å². The van der Waals surface area contributed by atoms with Crippen molar-refractivity contribution in [1.82, 2.24) is 14.9 Å². The van der Waals surface area contributed by atoms with Crippen LogP contribution in [0.3, 0.4) is 0 Å². The summed E-state index contributed by atoms with van der Waals surface area (Å²) in [5.74, 6) is 0.260. The van der Waals surface area contributed by atoms with E-state index in [4.69, 9.17) is 14.5 Å². The minimum Gasteiger partial charge on any atom is -0.463 e. The van der Waals surface area contributed by atoms with Gasteiger partial charge in [-0.3, -0.25) is 14.5 Å². The monoisotopic (exact) mass is 437 g/mol. The van der Waals surface area contributed by atoms with Crippen LogP contribution in [0.4, 0.5) is 0 Å². The molecule has 0 aliphatic heterocycles. The molecule has 166 valence electrons. The lowest BCUT2D eigenvalue weighted by Crippen LogP contribution is -2.37. The molecule has 0 saturated carbocycles. The molecule has 9 heteroatoms. The highest BCUT2D eigenvalue weighted by atomic mass is 32.1. The Hall–Kier alpha value is -1.81. The number of esters is 1. The summed E-state index contributed by atoms with van der Waals surface area (Å²) >= 11 is 1.62. The number of aliphatic hydroxyl groups is 1. The molecule has 0 amide bonds. The molecular weight excluding hydrogens is 406 g/mol. The largest absolute Gasteiger partial charge is 0.463 e. The Balaban J connectivity index is 1.70. The van der Waals surface area contributed by atoms with Gasteiger partial charge in [-0.1, -0.05) is 6.92 Å². The predicted molar refractivity (Wildman–Crippen MR) is 116 cm³/mol. The number of aromatic nitrogens is 2. The number of carbonyl (C=O) groups is 1. The second-order valence-electron chi connectivity index (χ2n) is 7.72. The number of aryl methyl sites for hydroxylation is 2. The van der Waals surface area contributed by atoms with E-state index in [9.17, 15) is 14.7 Å². The topological polar surface area (TPSA) is 105 Å². The average molecular weight is 438 g/mol. The van der Waals surface area contributed by atoms with Gasteiger partial charge in [0.15, 0.2) is 0 Å². The van der Waals surface area contributed by atoms with Gasteiger partial charge in [0.2, 0.25) is 0 Å². The van der Waals surface area contributed by atoms with Gasteiger partial charge in [0.25, 0.3) is 5.56 Å². The molecule has 2 aromatic rings. The molecule has 1 aliphatic rings. The second-order valence-corrected chi connectivity index (χ2v) is 8.80. The summed E-state index contributed by atoms with van der Waals surface area (Å²) in [7, 11) is 1.61. The van der Waals surface area contributed by atoms with E-state index in [1.54, 1.807) is 18.4 Å². The molecular formula is C21H31N3O5S. The van der Waals surface area contributed by atoms with E-state index in [1.165, 1.54) is 10.4 Å². The number of hydrogen-bond acceptors (Lipinski definition) is 8. The first-order valence-corrected chi connectivity index (χ1v) is 11.4. The molecule has 2 N–H and O–H groups in total. The number of carbonyl (C=O) groups excluding carboxylic acids is 1. The molecule has 0 spiro atoms. The molecule has 3 rings (SSSR count). The number of rotatable bonds is 11. The smallest absolute Gasteiger partial charge is 0.305 e. The van der Waals surface area contributed by atoms with Gasteiger partial charge in [0.1, 0.15) is 23.4 Å². The Bertz CT molecular complexity index is 910. The van der Waals surface area contributed by atoms with E-state index < -0.39 is 6.10 Å². The third kappa shape index (κ3) is 5.87. The number of aliphatic hydroxyl groups excluding tert-OH is 1. The maximum atomic E-state index is 12.8. The number of H-pyrrole nitrogens is 1. The van der Waals surface area contributed by atoms with Crippen molar-refractivity contribution in [1.29, 1.82) is 0 Å².